The molecule has 0 fully saturated rings. The first kappa shape index (κ1) is 16.0. The molecule has 4 rings (SSSR count). The molecular formula is C19H18N6O. The molecule has 0 aliphatic heterocycles. The summed E-state index contributed by atoms with van der Waals surface area (Å²) >= 11 is 0. The predicted molar refractivity (Wildman–Crippen MR) is 98.4 cm³/mol. The van der Waals surface area contributed by atoms with E-state index in [0.29, 0.717) is 11.5 Å². The molecule has 130 valence electrons. The monoisotopic (exact) mass is 346 g/mol. The van der Waals surface area contributed by atoms with Crippen molar-refractivity contribution in [2.24, 2.45) is 0 Å². The number of imidazole rings is 1. The number of fused-ring (bicyclic) bond motifs is 1. The van der Waals surface area contributed by atoms with E-state index in [1.165, 1.54) is 0 Å². The Kier molecular flexibility index (Phi) is 3.96. The number of amides is 1. The Bertz CT molecular complexity index is 1080. The van der Waals surface area contributed by atoms with Gasteiger partial charge in [-0.25, -0.2) is 9.67 Å². The molecule has 1 N–H and O–H groups in total. The van der Waals surface area contributed by atoms with Gasteiger partial charge in [-0.15, -0.1) is 0 Å². The Balaban J connectivity index is 1.47. The van der Waals surface area contributed by atoms with Gasteiger partial charge in [-0.2, -0.15) is 14.7 Å². The summed E-state index contributed by atoms with van der Waals surface area (Å²) in [7, 11) is 0. The highest BCUT2D eigenvalue weighted by atomic mass is 16.1. The maximum Gasteiger partial charge on any atom is 0.229 e. The highest BCUT2D eigenvalue weighted by Crippen LogP contribution is 2.14. The molecule has 1 amide bonds. The van der Waals surface area contributed by atoms with Crippen LogP contribution in [-0.4, -0.2) is 30.3 Å². The van der Waals surface area contributed by atoms with Crippen molar-refractivity contribution >= 4 is 17.4 Å². The fraction of sp³-hybridized carbons (Fsp3) is 0.158. The van der Waals surface area contributed by atoms with Gasteiger partial charge in [-0.1, -0.05) is 12.1 Å². The molecule has 0 bridgehead atoms. The van der Waals surface area contributed by atoms with Gasteiger partial charge in [0.15, 0.2) is 11.5 Å². The quantitative estimate of drug-likeness (QED) is 0.616. The summed E-state index contributed by atoms with van der Waals surface area (Å²) in [6.45, 7) is 3.99. The standard InChI is InChI=1S/C19H18N6O/c1-13-10-14(2)24(23-13)16-7-5-15(6-8-16)11-19(26)22-18-12-20-17-4-3-9-21-25(17)18/h3-10,12H,11H2,1-2H3,(H,22,26). The Hall–Kier alpha value is -3.48. The van der Waals surface area contributed by atoms with Gasteiger partial charge in [0.1, 0.15) is 0 Å². The molecule has 7 heteroatoms. The first-order chi connectivity index (χ1) is 12.6. The normalized spacial score (nSPS) is 11.0. The topological polar surface area (TPSA) is 77.1 Å². The number of hydrogen-bond donors (Lipinski definition) is 1. The number of nitrogens with one attached hydrogen (secondary N) is 1. The van der Waals surface area contributed by atoms with Gasteiger partial charge in [0.05, 0.1) is 24.0 Å². The highest BCUT2D eigenvalue weighted by Gasteiger charge is 2.10. The van der Waals surface area contributed by atoms with Gasteiger partial charge in [-0.3, -0.25) is 4.79 Å². The SMILES string of the molecule is Cc1cc(C)n(-c2ccc(CC(=O)Nc3cnc4cccnn34)cc2)n1. The molecular weight excluding hydrogens is 328 g/mol. The Labute approximate surface area is 150 Å². The van der Waals surface area contributed by atoms with Crippen molar-refractivity contribution in [3.63, 3.8) is 0 Å². The Morgan fingerprint density at radius 1 is 1.15 bits per heavy atom. The van der Waals surface area contributed by atoms with E-state index < -0.39 is 0 Å². The minimum atomic E-state index is -0.115. The molecule has 0 aliphatic carbocycles. The molecule has 0 saturated heterocycles. The minimum absolute atomic E-state index is 0.115. The molecule has 4 aromatic rings. The number of nitrogens with zero attached hydrogens (tertiary/aromatic N) is 5. The lowest BCUT2D eigenvalue weighted by atomic mass is 10.1. The van der Waals surface area contributed by atoms with Crippen molar-refractivity contribution in [3.05, 3.63) is 71.8 Å². The second kappa shape index (κ2) is 6.44. The van der Waals surface area contributed by atoms with Crippen molar-refractivity contribution in [1.82, 2.24) is 24.4 Å². The number of carbonyl (C=O) groups excluding carboxylic acids is 1. The van der Waals surface area contributed by atoms with Gasteiger partial charge in [0.2, 0.25) is 5.91 Å². The molecule has 0 radical (unpaired) electrons. The number of rotatable bonds is 4. The first-order valence-corrected chi connectivity index (χ1v) is 8.31. The molecule has 3 heterocycles. The predicted octanol–water partition coefficient (Wildman–Crippen LogP) is 2.71. The van der Waals surface area contributed by atoms with Gasteiger partial charge in [0, 0.05) is 11.9 Å². The third kappa shape index (κ3) is 3.06. The van der Waals surface area contributed by atoms with E-state index >= 15 is 0 Å². The van der Waals surface area contributed by atoms with Gasteiger partial charge in [0.25, 0.3) is 0 Å². The van der Waals surface area contributed by atoms with Gasteiger partial charge < -0.3 is 5.32 Å². The zero-order chi connectivity index (χ0) is 18.1. The lowest BCUT2D eigenvalue weighted by molar-refractivity contribution is -0.115. The highest BCUT2D eigenvalue weighted by molar-refractivity contribution is 5.91. The zero-order valence-electron chi connectivity index (χ0n) is 14.5. The van der Waals surface area contributed by atoms with Crippen LogP contribution in [0.3, 0.4) is 0 Å². The summed E-state index contributed by atoms with van der Waals surface area (Å²) < 4.78 is 3.49. The fourth-order valence-electron chi connectivity index (χ4n) is 2.93. The first-order valence-electron chi connectivity index (χ1n) is 8.31. The fourth-order valence-corrected chi connectivity index (χ4v) is 2.93. The smallest absolute Gasteiger partial charge is 0.229 e. The van der Waals surface area contributed by atoms with Crippen molar-refractivity contribution < 1.29 is 4.79 Å². The third-order valence-electron chi connectivity index (χ3n) is 4.10. The lowest BCUT2D eigenvalue weighted by Gasteiger charge is -2.07. The maximum absolute atomic E-state index is 12.3. The molecule has 3 aromatic heterocycles. The number of aryl methyl sites for hydroxylation is 2. The molecule has 0 saturated carbocycles. The summed E-state index contributed by atoms with van der Waals surface area (Å²) in [6, 6.07) is 13.5. The number of carbonyl (C=O) groups is 1. The Morgan fingerprint density at radius 3 is 2.69 bits per heavy atom. The van der Waals surface area contributed by atoms with E-state index in [9.17, 15) is 4.79 Å². The largest absolute Gasteiger partial charge is 0.309 e. The van der Waals surface area contributed by atoms with E-state index in [4.69, 9.17) is 0 Å². The van der Waals surface area contributed by atoms with Crippen LogP contribution in [0.2, 0.25) is 0 Å². The second-order valence-electron chi connectivity index (χ2n) is 6.17. The van der Waals surface area contributed by atoms with Crippen LogP contribution in [0.4, 0.5) is 5.82 Å². The molecule has 0 atom stereocenters. The van der Waals surface area contributed by atoms with Crippen LogP contribution in [0.15, 0.2) is 54.9 Å². The van der Waals surface area contributed by atoms with Crippen molar-refractivity contribution in [2.75, 3.05) is 5.32 Å². The molecule has 0 unspecified atom stereocenters. The van der Waals surface area contributed by atoms with Crippen LogP contribution in [0.5, 0.6) is 0 Å². The summed E-state index contributed by atoms with van der Waals surface area (Å²) in [5, 5.41) is 11.5. The van der Waals surface area contributed by atoms with Crippen LogP contribution < -0.4 is 5.32 Å². The van der Waals surface area contributed by atoms with Crippen molar-refractivity contribution in [1.29, 1.82) is 0 Å². The van der Waals surface area contributed by atoms with Crippen LogP contribution in [0.1, 0.15) is 17.0 Å². The van der Waals surface area contributed by atoms with E-state index in [1.54, 1.807) is 23.0 Å². The van der Waals surface area contributed by atoms with E-state index in [2.05, 4.69) is 20.5 Å². The number of hydrogen-bond acceptors (Lipinski definition) is 4. The number of benzene rings is 1. The van der Waals surface area contributed by atoms with E-state index in [-0.39, 0.29) is 12.3 Å². The molecule has 26 heavy (non-hydrogen) atoms. The average molecular weight is 346 g/mol. The van der Waals surface area contributed by atoms with Gasteiger partial charge >= 0.3 is 0 Å². The van der Waals surface area contributed by atoms with Gasteiger partial charge in [-0.05, 0) is 49.7 Å². The minimum Gasteiger partial charge on any atom is -0.309 e. The van der Waals surface area contributed by atoms with E-state index in [1.807, 2.05) is 54.9 Å². The lowest BCUT2D eigenvalue weighted by Crippen LogP contribution is -2.16. The molecule has 0 aliphatic rings. The van der Waals surface area contributed by atoms with Crippen LogP contribution in [0.25, 0.3) is 11.3 Å². The zero-order valence-corrected chi connectivity index (χ0v) is 14.5. The maximum atomic E-state index is 12.3. The summed E-state index contributed by atoms with van der Waals surface area (Å²) in [4.78, 5) is 16.5. The molecule has 7 nitrogen and oxygen atoms in total. The average Bonchev–Trinajstić information content (AvgIpc) is 3.18. The summed E-state index contributed by atoms with van der Waals surface area (Å²) in [5.74, 6) is 0.446. The number of anilines is 1. The molecule has 1 aromatic carbocycles. The molecule has 0 spiro atoms. The number of aromatic nitrogens is 5. The summed E-state index contributed by atoms with van der Waals surface area (Å²) in [6.07, 6.45) is 3.53. The van der Waals surface area contributed by atoms with Crippen LogP contribution in [-0.2, 0) is 11.2 Å². The third-order valence-corrected chi connectivity index (χ3v) is 4.10. The van der Waals surface area contributed by atoms with Crippen molar-refractivity contribution in [3.8, 4) is 5.69 Å². The van der Waals surface area contributed by atoms with Crippen LogP contribution >= 0.6 is 0 Å². The second-order valence-corrected chi connectivity index (χ2v) is 6.17. The Morgan fingerprint density at radius 2 is 1.96 bits per heavy atom. The van der Waals surface area contributed by atoms with E-state index in [0.717, 1.165) is 22.6 Å². The summed E-state index contributed by atoms with van der Waals surface area (Å²) in [5.41, 5.74) is 4.65. The van der Waals surface area contributed by atoms with Crippen molar-refractivity contribution in [2.45, 2.75) is 20.3 Å². The van der Waals surface area contributed by atoms with Crippen LogP contribution in [0, 0.1) is 13.8 Å².